The fourth-order valence-corrected chi connectivity index (χ4v) is 9.92. The molecule has 1 heteroatoms. The Balaban J connectivity index is 1.21. The summed E-state index contributed by atoms with van der Waals surface area (Å²) in [6.07, 6.45) is 0. The van der Waals surface area contributed by atoms with Crippen molar-refractivity contribution in [2.75, 3.05) is 4.90 Å². The summed E-state index contributed by atoms with van der Waals surface area (Å²) in [6.45, 7) is 9.26. The molecule has 0 saturated heterocycles. The Labute approximate surface area is 331 Å². The van der Waals surface area contributed by atoms with Gasteiger partial charge < -0.3 is 4.90 Å². The van der Waals surface area contributed by atoms with Crippen LogP contribution in [0.25, 0.3) is 33.4 Å². The van der Waals surface area contributed by atoms with Crippen LogP contribution in [0.5, 0.6) is 0 Å². The number of fused-ring (bicyclic) bond motifs is 6. The van der Waals surface area contributed by atoms with Gasteiger partial charge in [0.05, 0.1) is 5.41 Å². The van der Waals surface area contributed by atoms with Gasteiger partial charge in [-0.1, -0.05) is 185 Å². The van der Waals surface area contributed by atoms with E-state index in [0.29, 0.717) is 5.92 Å². The van der Waals surface area contributed by atoms with Crippen molar-refractivity contribution in [1.82, 2.24) is 0 Å². The second kappa shape index (κ2) is 13.1. The second-order valence-electron chi connectivity index (χ2n) is 16.3. The zero-order valence-corrected chi connectivity index (χ0v) is 32.5. The highest BCUT2D eigenvalue weighted by Crippen LogP contribution is 2.58. The van der Waals surface area contributed by atoms with Crippen molar-refractivity contribution in [2.24, 2.45) is 0 Å². The Kier molecular flexibility index (Phi) is 7.97. The maximum Gasteiger partial charge on any atom is 0.0714 e. The molecule has 0 aromatic heterocycles. The second-order valence-corrected chi connectivity index (χ2v) is 16.3. The molecule has 0 bridgehead atoms. The van der Waals surface area contributed by atoms with Gasteiger partial charge in [-0.25, -0.2) is 0 Å². The van der Waals surface area contributed by atoms with Gasteiger partial charge in [-0.3, -0.25) is 0 Å². The fourth-order valence-electron chi connectivity index (χ4n) is 9.92. The Morgan fingerprint density at radius 1 is 0.375 bits per heavy atom. The molecule has 0 fully saturated rings. The molecule has 0 radical (unpaired) electrons. The molecule has 0 saturated carbocycles. The first-order valence-corrected chi connectivity index (χ1v) is 20.0. The summed E-state index contributed by atoms with van der Waals surface area (Å²) in [6, 6.07) is 72.5. The van der Waals surface area contributed by atoms with E-state index in [2.05, 4.69) is 227 Å². The van der Waals surface area contributed by atoms with Crippen LogP contribution >= 0.6 is 0 Å². The molecule has 0 atom stereocenters. The van der Waals surface area contributed by atoms with Crippen LogP contribution in [0.15, 0.2) is 194 Å². The monoisotopic (exact) mass is 719 g/mol. The third kappa shape index (κ3) is 5.07. The van der Waals surface area contributed by atoms with Crippen LogP contribution in [0, 0.1) is 0 Å². The Bertz CT molecular complexity index is 2700. The molecule has 2 aliphatic rings. The van der Waals surface area contributed by atoms with E-state index in [0.717, 1.165) is 17.1 Å². The van der Waals surface area contributed by atoms with Crippen molar-refractivity contribution in [3.8, 4) is 33.4 Å². The lowest BCUT2D eigenvalue weighted by atomic mass is 9.67. The van der Waals surface area contributed by atoms with Gasteiger partial charge in [0.1, 0.15) is 0 Å². The molecule has 0 N–H and O–H groups in total. The number of anilines is 3. The third-order valence-electron chi connectivity index (χ3n) is 12.5. The maximum absolute atomic E-state index is 2.47. The van der Waals surface area contributed by atoms with Crippen molar-refractivity contribution in [3.05, 3.63) is 233 Å². The first-order chi connectivity index (χ1) is 27.4. The molecular weight excluding hydrogens is 675 g/mol. The summed E-state index contributed by atoms with van der Waals surface area (Å²) >= 11 is 0. The van der Waals surface area contributed by atoms with Gasteiger partial charge in [-0.05, 0) is 115 Å². The molecule has 56 heavy (non-hydrogen) atoms. The van der Waals surface area contributed by atoms with Gasteiger partial charge in [-0.2, -0.15) is 0 Å². The lowest BCUT2D eigenvalue weighted by Gasteiger charge is -2.35. The van der Waals surface area contributed by atoms with E-state index in [9.17, 15) is 0 Å². The summed E-state index contributed by atoms with van der Waals surface area (Å²) in [5, 5.41) is 0. The SMILES string of the molecule is CC(C)c1ccccc1-c1ccc(N(c2ccc3c(c2)-c2ccccc2C3(C)C)c2ccc3c(c2)C(c2ccccc2)(c2ccccc2)c2ccccc2-3)cc1. The van der Waals surface area contributed by atoms with Crippen LogP contribution in [-0.4, -0.2) is 0 Å². The molecular formula is C55H45N. The highest BCUT2D eigenvalue weighted by atomic mass is 15.1. The minimum Gasteiger partial charge on any atom is -0.310 e. The van der Waals surface area contributed by atoms with Crippen LogP contribution < -0.4 is 4.90 Å². The van der Waals surface area contributed by atoms with Gasteiger partial charge in [0.2, 0.25) is 0 Å². The van der Waals surface area contributed by atoms with Gasteiger partial charge in [-0.15, -0.1) is 0 Å². The quantitative estimate of drug-likeness (QED) is 0.159. The highest BCUT2D eigenvalue weighted by molar-refractivity contribution is 5.91. The van der Waals surface area contributed by atoms with E-state index >= 15 is 0 Å². The van der Waals surface area contributed by atoms with E-state index < -0.39 is 5.41 Å². The van der Waals surface area contributed by atoms with Crippen molar-refractivity contribution < 1.29 is 0 Å². The van der Waals surface area contributed by atoms with Gasteiger partial charge in [0.15, 0.2) is 0 Å². The molecule has 10 rings (SSSR count). The van der Waals surface area contributed by atoms with E-state index in [1.54, 1.807) is 0 Å². The predicted molar refractivity (Wildman–Crippen MR) is 236 cm³/mol. The van der Waals surface area contributed by atoms with E-state index in [1.807, 2.05) is 0 Å². The van der Waals surface area contributed by atoms with Crippen LogP contribution in [-0.2, 0) is 10.8 Å². The van der Waals surface area contributed by atoms with Crippen LogP contribution in [0.1, 0.15) is 72.6 Å². The molecule has 2 aliphatic carbocycles. The summed E-state index contributed by atoms with van der Waals surface area (Å²) in [7, 11) is 0. The topological polar surface area (TPSA) is 3.24 Å². The standard InChI is InChI=1S/C55H45N/c1-37(2)44-21-11-12-22-45(44)38-27-29-41(30-28-38)56(42-32-34-51-49(35-42)47-24-13-15-25-50(47)54(51,3)4)43-31-33-48-46-23-14-16-26-52(46)55(53(48)36-43,39-17-7-5-8-18-39)40-19-9-6-10-20-40/h5-37H,1-4H3. The van der Waals surface area contributed by atoms with Crippen LogP contribution in [0.3, 0.4) is 0 Å². The lowest BCUT2D eigenvalue weighted by molar-refractivity contribution is 0.660. The molecule has 1 nitrogen and oxygen atoms in total. The summed E-state index contributed by atoms with van der Waals surface area (Å²) in [5.74, 6) is 0.436. The zero-order valence-electron chi connectivity index (χ0n) is 32.5. The van der Waals surface area contributed by atoms with Gasteiger partial charge >= 0.3 is 0 Å². The average Bonchev–Trinajstić information content (AvgIpc) is 3.67. The number of benzene rings is 8. The molecule has 0 heterocycles. The Morgan fingerprint density at radius 3 is 1.52 bits per heavy atom. The van der Waals surface area contributed by atoms with Crippen LogP contribution in [0.4, 0.5) is 17.1 Å². The molecule has 8 aromatic carbocycles. The fraction of sp³-hybridized carbons (Fsp3) is 0.127. The predicted octanol–water partition coefficient (Wildman–Crippen LogP) is 14.6. The smallest absolute Gasteiger partial charge is 0.0714 e. The highest BCUT2D eigenvalue weighted by Gasteiger charge is 2.46. The van der Waals surface area contributed by atoms with Crippen molar-refractivity contribution in [3.63, 3.8) is 0 Å². The molecule has 0 spiro atoms. The van der Waals surface area contributed by atoms with Crippen molar-refractivity contribution >= 4 is 17.1 Å². The van der Waals surface area contributed by atoms with E-state index in [-0.39, 0.29) is 5.41 Å². The summed E-state index contributed by atoms with van der Waals surface area (Å²) < 4.78 is 0. The minimum absolute atomic E-state index is 0.0644. The summed E-state index contributed by atoms with van der Waals surface area (Å²) in [5.41, 5.74) is 19.9. The first-order valence-electron chi connectivity index (χ1n) is 20.0. The Hall–Kier alpha value is -6.44. The first kappa shape index (κ1) is 34.1. The van der Waals surface area contributed by atoms with E-state index in [1.165, 1.54) is 72.3 Å². The number of rotatable bonds is 7. The van der Waals surface area contributed by atoms with Gasteiger partial charge in [0.25, 0.3) is 0 Å². The molecule has 8 aromatic rings. The normalized spacial score (nSPS) is 14.2. The third-order valence-corrected chi connectivity index (χ3v) is 12.5. The largest absolute Gasteiger partial charge is 0.310 e. The van der Waals surface area contributed by atoms with Crippen molar-refractivity contribution in [2.45, 2.75) is 44.4 Å². The number of hydrogen-bond acceptors (Lipinski definition) is 1. The lowest BCUT2D eigenvalue weighted by Crippen LogP contribution is -2.28. The number of nitrogens with zero attached hydrogens (tertiary/aromatic N) is 1. The van der Waals surface area contributed by atoms with Crippen LogP contribution in [0.2, 0.25) is 0 Å². The molecule has 0 amide bonds. The zero-order chi connectivity index (χ0) is 38.0. The Morgan fingerprint density at radius 2 is 0.857 bits per heavy atom. The summed E-state index contributed by atoms with van der Waals surface area (Å²) in [4.78, 5) is 2.47. The minimum atomic E-state index is -0.485. The average molecular weight is 720 g/mol. The van der Waals surface area contributed by atoms with Gasteiger partial charge in [0, 0.05) is 22.5 Å². The maximum atomic E-state index is 2.47. The number of hydrogen-bond donors (Lipinski definition) is 0. The van der Waals surface area contributed by atoms with Crippen molar-refractivity contribution in [1.29, 1.82) is 0 Å². The van der Waals surface area contributed by atoms with E-state index in [4.69, 9.17) is 0 Å². The molecule has 0 aliphatic heterocycles. The molecule has 270 valence electrons. The molecule has 0 unspecified atom stereocenters.